The van der Waals surface area contributed by atoms with Crippen molar-refractivity contribution in [1.82, 2.24) is 4.90 Å². The van der Waals surface area contributed by atoms with E-state index in [2.05, 4.69) is 15.9 Å². The van der Waals surface area contributed by atoms with Crippen molar-refractivity contribution in [3.8, 4) is 0 Å². The fourth-order valence-electron chi connectivity index (χ4n) is 1.29. The van der Waals surface area contributed by atoms with Gasteiger partial charge in [0.05, 0.1) is 10.3 Å². The molecule has 1 aromatic rings. The summed E-state index contributed by atoms with van der Waals surface area (Å²) in [7, 11) is 0. The first-order chi connectivity index (χ1) is 7.16. The van der Waals surface area contributed by atoms with Gasteiger partial charge in [-0.3, -0.25) is 14.5 Å². The van der Waals surface area contributed by atoms with Crippen LogP contribution in [-0.2, 0) is 20.9 Å². The molecule has 1 aliphatic rings. The highest BCUT2D eigenvalue weighted by Gasteiger charge is 2.26. The van der Waals surface area contributed by atoms with Crippen LogP contribution in [0.2, 0.25) is 0 Å². The summed E-state index contributed by atoms with van der Waals surface area (Å²) < 4.78 is 5.81. The van der Waals surface area contributed by atoms with Gasteiger partial charge in [0.25, 0.3) is 11.8 Å². The maximum atomic E-state index is 11.4. The van der Waals surface area contributed by atoms with Crippen molar-refractivity contribution in [2.45, 2.75) is 6.54 Å². The number of imide groups is 1. The largest absolute Gasteiger partial charge is 0.362 e. The van der Waals surface area contributed by atoms with Crippen molar-refractivity contribution in [2.75, 3.05) is 13.2 Å². The molecule has 0 unspecified atom stereocenters. The first kappa shape index (κ1) is 10.8. The van der Waals surface area contributed by atoms with E-state index in [-0.39, 0.29) is 25.0 Å². The summed E-state index contributed by atoms with van der Waals surface area (Å²) in [6.07, 6.45) is 0. The lowest BCUT2D eigenvalue weighted by molar-refractivity contribution is -0.159. The minimum absolute atomic E-state index is 0.00170. The minimum atomic E-state index is -0.268. The monoisotopic (exact) mass is 289 g/mol. The van der Waals surface area contributed by atoms with Crippen LogP contribution in [0.15, 0.2) is 15.9 Å². The summed E-state index contributed by atoms with van der Waals surface area (Å²) in [6.45, 7) is 0.341. The van der Waals surface area contributed by atoms with Crippen LogP contribution in [-0.4, -0.2) is 29.9 Å². The first-order valence-corrected chi connectivity index (χ1v) is 5.93. The molecule has 1 aliphatic heterocycles. The lowest BCUT2D eigenvalue weighted by atomic mass is 10.3. The number of carbonyl (C=O) groups is 2. The second kappa shape index (κ2) is 4.42. The van der Waals surface area contributed by atoms with Gasteiger partial charge in [-0.1, -0.05) is 0 Å². The van der Waals surface area contributed by atoms with E-state index in [0.717, 1.165) is 8.66 Å². The molecule has 1 aromatic heterocycles. The summed E-state index contributed by atoms with van der Waals surface area (Å²) in [4.78, 5) is 25.0. The van der Waals surface area contributed by atoms with Gasteiger partial charge >= 0.3 is 0 Å². The van der Waals surface area contributed by atoms with E-state index in [1.807, 2.05) is 12.1 Å². The van der Waals surface area contributed by atoms with Gasteiger partial charge in [-0.15, -0.1) is 11.3 Å². The highest BCUT2D eigenvalue weighted by atomic mass is 79.9. The maximum Gasteiger partial charge on any atom is 0.255 e. The topological polar surface area (TPSA) is 46.6 Å². The standard InChI is InChI=1S/C9H8BrNO3S/c10-7-2-1-6(15-7)3-11-8(12)4-14-5-9(11)13/h1-2H,3-5H2. The van der Waals surface area contributed by atoms with Crippen LogP contribution < -0.4 is 0 Å². The molecule has 0 radical (unpaired) electrons. The average molecular weight is 290 g/mol. The van der Waals surface area contributed by atoms with Crippen molar-refractivity contribution in [1.29, 1.82) is 0 Å². The number of nitrogens with zero attached hydrogens (tertiary/aromatic N) is 1. The van der Waals surface area contributed by atoms with Gasteiger partial charge in [-0.2, -0.15) is 0 Å². The first-order valence-electron chi connectivity index (χ1n) is 4.32. The average Bonchev–Trinajstić information content (AvgIpc) is 2.58. The molecular weight excluding hydrogens is 282 g/mol. The van der Waals surface area contributed by atoms with E-state index in [9.17, 15) is 9.59 Å². The van der Waals surface area contributed by atoms with Gasteiger partial charge in [0.1, 0.15) is 13.2 Å². The Morgan fingerprint density at radius 1 is 1.33 bits per heavy atom. The van der Waals surface area contributed by atoms with Crippen molar-refractivity contribution in [2.24, 2.45) is 0 Å². The van der Waals surface area contributed by atoms with E-state index >= 15 is 0 Å². The fraction of sp³-hybridized carbons (Fsp3) is 0.333. The van der Waals surface area contributed by atoms with Gasteiger partial charge in [0.15, 0.2) is 0 Å². The van der Waals surface area contributed by atoms with Crippen LogP contribution in [0, 0.1) is 0 Å². The zero-order valence-electron chi connectivity index (χ0n) is 7.73. The smallest absolute Gasteiger partial charge is 0.255 e. The lowest BCUT2D eigenvalue weighted by Gasteiger charge is -2.24. The van der Waals surface area contributed by atoms with Crippen LogP contribution in [0.3, 0.4) is 0 Å². The summed E-state index contributed by atoms with van der Waals surface area (Å²) >= 11 is 4.85. The molecule has 80 valence electrons. The normalized spacial score (nSPS) is 17.3. The second-order valence-electron chi connectivity index (χ2n) is 3.07. The molecule has 2 rings (SSSR count). The number of rotatable bonds is 2. The fourth-order valence-corrected chi connectivity index (χ4v) is 2.76. The Morgan fingerprint density at radius 2 is 2.00 bits per heavy atom. The van der Waals surface area contributed by atoms with E-state index in [1.54, 1.807) is 0 Å². The molecule has 2 amide bonds. The SMILES string of the molecule is O=C1COCC(=O)N1Cc1ccc(Br)s1. The summed E-state index contributed by atoms with van der Waals surface area (Å²) in [6, 6.07) is 3.79. The predicted octanol–water partition coefficient (Wildman–Crippen LogP) is 1.40. The van der Waals surface area contributed by atoms with Gasteiger partial charge < -0.3 is 4.74 Å². The van der Waals surface area contributed by atoms with Crippen LogP contribution in [0.4, 0.5) is 0 Å². The molecular formula is C9H8BrNO3S. The van der Waals surface area contributed by atoms with Crippen LogP contribution in [0.1, 0.15) is 4.88 Å². The molecule has 2 heterocycles. The molecule has 0 aromatic carbocycles. The van der Waals surface area contributed by atoms with Gasteiger partial charge in [0, 0.05) is 4.88 Å². The molecule has 6 heteroatoms. The molecule has 0 spiro atoms. The zero-order valence-corrected chi connectivity index (χ0v) is 10.1. The highest BCUT2D eigenvalue weighted by Crippen LogP contribution is 2.23. The van der Waals surface area contributed by atoms with E-state index < -0.39 is 0 Å². The van der Waals surface area contributed by atoms with Gasteiger partial charge in [-0.25, -0.2) is 0 Å². The number of carbonyl (C=O) groups excluding carboxylic acids is 2. The Balaban J connectivity index is 2.09. The molecule has 0 saturated carbocycles. The Hall–Kier alpha value is -0.720. The predicted molar refractivity (Wildman–Crippen MR) is 58.4 cm³/mol. The van der Waals surface area contributed by atoms with Crippen LogP contribution in [0.25, 0.3) is 0 Å². The number of morpholine rings is 1. The van der Waals surface area contributed by atoms with E-state index in [1.165, 1.54) is 16.2 Å². The Bertz CT molecular complexity index is 388. The Morgan fingerprint density at radius 3 is 2.53 bits per heavy atom. The minimum Gasteiger partial charge on any atom is -0.362 e. The zero-order chi connectivity index (χ0) is 10.8. The van der Waals surface area contributed by atoms with Gasteiger partial charge in [-0.05, 0) is 28.1 Å². The number of thiophene rings is 1. The van der Waals surface area contributed by atoms with Crippen molar-refractivity contribution in [3.05, 3.63) is 20.8 Å². The second-order valence-corrected chi connectivity index (χ2v) is 5.62. The van der Waals surface area contributed by atoms with Gasteiger partial charge in [0.2, 0.25) is 0 Å². The lowest BCUT2D eigenvalue weighted by Crippen LogP contribution is -2.45. The molecule has 0 atom stereocenters. The number of halogens is 1. The van der Waals surface area contributed by atoms with Crippen molar-refractivity contribution >= 4 is 39.1 Å². The third kappa shape index (κ3) is 2.45. The summed E-state index contributed by atoms with van der Waals surface area (Å²) in [5, 5.41) is 0. The maximum absolute atomic E-state index is 11.4. The molecule has 0 aliphatic carbocycles. The third-order valence-corrected chi connectivity index (χ3v) is 3.60. The molecule has 0 bridgehead atoms. The van der Waals surface area contributed by atoms with E-state index in [0.29, 0.717) is 6.54 Å². The van der Waals surface area contributed by atoms with Crippen LogP contribution >= 0.6 is 27.3 Å². The van der Waals surface area contributed by atoms with Crippen molar-refractivity contribution < 1.29 is 14.3 Å². The molecule has 15 heavy (non-hydrogen) atoms. The van der Waals surface area contributed by atoms with Crippen LogP contribution in [0.5, 0.6) is 0 Å². The summed E-state index contributed by atoms with van der Waals surface area (Å²) in [5.74, 6) is -0.536. The summed E-state index contributed by atoms with van der Waals surface area (Å²) in [5.41, 5.74) is 0. The van der Waals surface area contributed by atoms with E-state index in [4.69, 9.17) is 4.74 Å². The molecule has 1 fully saturated rings. The number of hydrogen-bond acceptors (Lipinski definition) is 4. The molecule has 0 N–H and O–H groups in total. The third-order valence-electron chi connectivity index (χ3n) is 2.00. The highest BCUT2D eigenvalue weighted by molar-refractivity contribution is 9.11. The molecule has 1 saturated heterocycles. The van der Waals surface area contributed by atoms with Crippen molar-refractivity contribution in [3.63, 3.8) is 0 Å². The molecule has 4 nitrogen and oxygen atoms in total. The Kier molecular flexibility index (Phi) is 3.18. The number of hydrogen-bond donors (Lipinski definition) is 0. The Labute approximate surface area is 99.0 Å². The number of ether oxygens (including phenoxy) is 1. The number of amides is 2. The quantitative estimate of drug-likeness (QED) is 0.773.